The molecule has 0 radical (unpaired) electrons. The van der Waals surface area contributed by atoms with Crippen LogP contribution in [0.3, 0.4) is 0 Å². The molecule has 0 unspecified atom stereocenters. The summed E-state index contributed by atoms with van der Waals surface area (Å²) in [4.78, 5) is 28.7. The minimum Gasteiger partial charge on any atom is -0.358 e. The summed E-state index contributed by atoms with van der Waals surface area (Å²) in [5.74, 6) is 1.31. The fourth-order valence-corrected chi connectivity index (χ4v) is 2.26. The Morgan fingerprint density at radius 1 is 1.26 bits per heavy atom. The molecule has 23 heavy (non-hydrogen) atoms. The van der Waals surface area contributed by atoms with Crippen LogP contribution in [0.15, 0.2) is 11.2 Å². The van der Waals surface area contributed by atoms with Gasteiger partial charge in [-0.1, -0.05) is 13.3 Å². The van der Waals surface area contributed by atoms with Crippen molar-refractivity contribution >= 4 is 30.0 Å². The molecule has 0 aromatic carbocycles. The van der Waals surface area contributed by atoms with E-state index in [9.17, 15) is 4.79 Å². The number of hydrogen-bond acceptors (Lipinski definition) is 6. The van der Waals surface area contributed by atoms with Crippen molar-refractivity contribution in [1.29, 1.82) is 0 Å². The molecule has 0 aliphatic carbocycles. The van der Waals surface area contributed by atoms with Crippen molar-refractivity contribution in [2.75, 3.05) is 29.4 Å². The van der Waals surface area contributed by atoms with Crippen molar-refractivity contribution in [3.05, 3.63) is 6.20 Å². The lowest BCUT2D eigenvalue weighted by Crippen LogP contribution is -2.33. The maximum Gasteiger partial charge on any atom is 0.227 e. The summed E-state index contributed by atoms with van der Waals surface area (Å²) in [6.45, 7) is 12.3. The average molecular weight is 319 g/mol. The van der Waals surface area contributed by atoms with E-state index in [2.05, 4.69) is 40.6 Å². The van der Waals surface area contributed by atoms with E-state index in [-0.39, 0.29) is 6.04 Å². The zero-order valence-corrected chi connectivity index (χ0v) is 15.0. The second kappa shape index (κ2) is 9.92. The molecule has 0 bridgehead atoms. The van der Waals surface area contributed by atoms with E-state index in [4.69, 9.17) is 0 Å². The Morgan fingerprint density at radius 3 is 2.48 bits per heavy atom. The molecule has 0 aliphatic heterocycles. The molecule has 0 aliphatic rings. The smallest absolute Gasteiger partial charge is 0.227 e. The van der Waals surface area contributed by atoms with E-state index in [1.807, 2.05) is 25.0 Å². The lowest BCUT2D eigenvalue weighted by Gasteiger charge is -2.28. The van der Waals surface area contributed by atoms with Gasteiger partial charge in [0.2, 0.25) is 5.95 Å². The van der Waals surface area contributed by atoms with Gasteiger partial charge in [0.25, 0.3) is 0 Å². The number of aldehydes is 1. The van der Waals surface area contributed by atoms with Crippen LogP contribution < -0.4 is 9.80 Å². The third-order valence-corrected chi connectivity index (χ3v) is 3.62. The van der Waals surface area contributed by atoms with Gasteiger partial charge in [-0.2, -0.15) is 4.98 Å². The summed E-state index contributed by atoms with van der Waals surface area (Å²) in [5, 5.41) is 0. The van der Waals surface area contributed by atoms with Crippen LogP contribution in [0, 0.1) is 0 Å². The zero-order chi connectivity index (χ0) is 17.2. The standard InChI is InChI=1S/C17H29N5O/c1-6-9-10-18-16-15(22(11-12-23)14(4)5)13-19-17(20-16)21(7-2)8-3/h10,12-14H,6-9,11H2,1-5H3. The van der Waals surface area contributed by atoms with Crippen molar-refractivity contribution < 1.29 is 4.79 Å². The van der Waals surface area contributed by atoms with Crippen LogP contribution >= 0.6 is 0 Å². The fourth-order valence-electron chi connectivity index (χ4n) is 2.26. The second-order valence-electron chi connectivity index (χ2n) is 5.56. The normalized spacial score (nSPS) is 11.2. The van der Waals surface area contributed by atoms with Crippen molar-refractivity contribution in [3.8, 4) is 0 Å². The molecule has 0 amide bonds. The molecule has 0 atom stereocenters. The van der Waals surface area contributed by atoms with E-state index in [1.54, 1.807) is 6.20 Å². The fraction of sp³-hybridized carbons (Fsp3) is 0.647. The van der Waals surface area contributed by atoms with Crippen molar-refractivity contribution in [3.63, 3.8) is 0 Å². The molecule has 1 aromatic rings. The van der Waals surface area contributed by atoms with Crippen molar-refractivity contribution in [2.24, 2.45) is 4.99 Å². The van der Waals surface area contributed by atoms with Gasteiger partial charge in [0.15, 0.2) is 5.82 Å². The highest BCUT2D eigenvalue weighted by atomic mass is 16.1. The number of anilines is 2. The molecule has 6 nitrogen and oxygen atoms in total. The van der Waals surface area contributed by atoms with E-state index in [1.165, 1.54) is 0 Å². The SMILES string of the molecule is CCCC=Nc1nc(N(CC)CC)ncc1N(CC=O)C(C)C. The first-order chi connectivity index (χ1) is 11.1. The van der Waals surface area contributed by atoms with Crippen LogP contribution in [0.4, 0.5) is 17.5 Å². The molecule has 6 heteroatoms. The van der Waals surface area contributed by atoms with Crippen LogP contribution in [0.1, 0.15) is 47.5 Å². The Hall–Kier alpha value is -1.98. The van der Waals surface area contributed by atoms with Gasteiger partial charge in [0.05, 0.1) is 12.7 Å². The minimum atomic E-state index is 0.170. The lowest BCUT2D eigenvalue weighted by molar-refractivity contribution is -0.106. The van der Waals surface area contributed by atoms with Crippen LogP contribution in [-0.4, -0.2) is 48.1 Å². The molecule has 0 spiro atoms. The Balaban J connectivity index is 3.29. The zero-order valence-electron chi connectivity index (χ0n) is 15.0. The predicted molar refractivity (Wildman–Crippen MR) is 97.2 cm³/mol. The quantitative estimate of drug-likeness (QED) is 0.489. The second-order valence-corrected chi connectivity index (χ2v) is 5.56. The van der Waals surface area contributed by atoms with E-state index >= 15 is 0 Å². The van der Waals surface area contributed by atoms with Gasteiger partial charge in [-0.05, 0) is 34.1 Å². The first kappa shape index (κ1) is 19.1. The van der Waals surface area contributed by atoms with E-state index < -0.39 is 0 Å². The molecular weight excluding hydrogens is 290 g/mol. The molecular formula is C17H29N5O. The Labute approximate surface area is 139 Å². The third-order valence-electron chi connectivity index (χ3n) is 3.62. The minimum absolute atomic E-state index is 0.170. The number of unbranched alkanes of at least 4 members (excludes halogenated alkanes) is 1. The van der Waals surface area contributed by atoms with Crippen LogP contribution in [0.5, 0.6) is 0 Å². The van der Waals surface area contributed by atoms with Gasteiger partial charge < -0.3 is 14.6 Å². The number of carbonyl (C=O) groups is 1. The number of rotatable bonds is 10. The van der Waals surface area contributed by atoms with Gasteiger partial charge in [-0.15, -0.1) is 0 Å². The topological polar surface area (TPSA) is 61.7 Å². The first-order valence-corrected chi connectivity index (χ1v) is 8.43. The molecule has 1 heterocycles. The van der Waals surface area contributed by atoms with Crippen molar-refractivity contribution in [1.82, 2.24) is 9.97 Å². The van der Waals surface area contributed by atoms with Crippen LogP contribution in [-0.2, 0) is 4.79 Å². The average Bonchev–Trinajstić information content (AvgIpc) is 2.54. The van der Waals surface area contributed by atoms with Gasteiger partial charge in [0, 0.05) is 25.3 Å². The van der Waals surface area contributed by atoms with Gasteiger partial charge in [-0.25, -0.2) is 9.98 Å². The molecule has 0 saturated heterocycles. The Bertz CT molecular complexity index is 512. The summed E-state index contributed by atoms with van der Waals surface area (Å²) in [6.07, 6.45) is 6.51. The summed E-state index contributed by atoms with van der Waals surface area (Å²) in [5.41, 5.74) is 0.801. The summed E-state index contributed by atoms with van der Waals surface area (Å²) in [7, 11) is 0. The molecule has 1 aromatic heterocycles. The summed E-state index contributed by atoms with van der Waals surface area (Å²) in [6, 6.07) is 0.170. The summed E-state index contributed by atoms with van der Waals surface area (Å²) >= 11 is 0. The highest BCUT2D eigenvalue weighted by Gasteiger charge is 2.17. The Morgan fingerprint density at radius 2 is 1.96 bits per heavy atom. The van der Waals surface area contributed by atoms with Crippen LogP contribution in [0.25, 0.3) is 0 Å². The number of aromatic nitrogens is 2. The van der Waals surface area contributed by atoms with Gasteiger partial charge in [0.1, 0.15) is 12.0 Å². The Kier molecular flexibility index (Phi) is 8.22. The van der Waals surface area contributed by atoms with Crippen LogP contribution in [0.2, 0.25) is 0 Å². The summed E-state index contributed by atoms with van der Waals surface area (Å²) < 4.78 is 0. The molecule has 0 saturated carbocycles. The number of aliphatic imine (C=N–C) groups is 1. The van der Waals surface area contributed by atoms with Crippen molar-refractivity contribution in [2.45, 2.75) is 53.5 Å². The number of hydrogen-bond donors (Lipinski definition) is 0. The molecule has 0 fully saturated rings. The highest BCUT2D eigenvalue weighted by molar-refractivity contribution is 5.73. The monoisotopic (exact) mass is 319 g/mol. The molecule has 128 valence electrons. The highest BCUT2D eigenvalue weighted by Crippen LogP contribution is 2.29. The lowest BCUT2D eigenvalue weighted by atomic mass is 10.2. The molecule has 0 N–H and O–H groups in total. The number of carbonyl (C=O) groups excluding carboxylic acids is 1. The maximum atomic E-state index is 11.0. The third kappa shape index (κ3) is 5.30. The largest absolute Gasteiger partial charge is 0.358 e. The van der Waals surface area contributed by atoms with E-state index in [0.29, 0.717) is 18.3 Å². The van der Waals surface area contributed by atoms with E-state index in [0.717, 1.165) is 37.9 Å². The van der Waals surface area contributed by atoms with Gasteiger partial charge >= 0.3 is 0 Å². The van der Waals surface area contributed by atoms with Gasteiger partial charge in [-0.3, -0.25) is 0 Å². The maximum absolute atomic E-state index is 11.0. The predicted octanol–water partition coefficient (Wildman–Crippen LogP) is 3.24. The number of nitrogens with zero attached hydrogens (tertiary/aromatic N) is 5. The first-order valence-electron chi connectivity index (χ1n) is 8.43. The molecule has 1 rings (SSSR count).